The van der Waals surface area contributed by atoms with Gasteiger partial charge in [-0.15, -0.1) is 0 Å². The Morgan fingerprint density at radius 1 is 1.29 bits per heavy atom. The van der Waals surface area contributed by atoms with E-state index in [2.05, 4.69) is 9.97 Å². The highest BCUT2D eigenvalue weighted by Crippen LogP contribution is 2.32. The summed E-state index contributed by atoms with van der Waals surface area (Å²) >= 11 is 0. The van der Waals surface area contributed by atoms with E-state index in [-0.39, 0.29) is 18.8 Å². The van der Waals surface area contributed by atoms with Crippen LogP contribution in [0.1, 0.15) is 12.0 Å². The molecule has 1 amide bonds. The standard InChI is InChI=1S/C20H22N4O4/c1-23(2)18-10-21-11-19(22-18)28-15-7-8-24(12-15)20(25)6-4-14-3-5-16-17(9-14)27-13-26-16/h3-6,9-11,15H,7-8,12-13H2,1-2H3/b6-4+. The lowest BCUT2D eigenvalue weighted by Gasteiger charge is -2.16. The van der Waals surface area contributed by atoms with Gasteiger partial charge in [-0.2, -0.15) is 4.98 Å². The summed E-state index contributed by atoms with van der Waals surface area (Å²) in [6.45, 7) is 1.41. The third-order valence-corrected chi connectivity index (χ3v) is 4.62. The molecule has 0 N–H and O–H groups in total. The third-order valence-electron chi connectivity index (χ3n) is 4.62. The first-order valence-electron chi connectivity index (χ1n) is 9.11. The average Bonchev–Trinajstić information content (AvgIpc) is 3.35. The van der Waals surface area contributed by atoms with Crippen LogP contribution >= 0.6 is 0 Å². The predicted molar refractivity (Wildman–Crippen MR) is 104 cm³/mol. The number of hydrogen-bond acceptors (Lipinski definition) is 7. The van der Waals surface area contributed by atoms with E-state index in [1.807, 2.05) is 37.2 Å². The minimum absolute atomic E-state index is 0.0445. The van der Waals surface area contributed by atoms with Crippen molar-refractivity contribution in [2.75, 3.05) is 38.9 Å². The third kappa shape index (κ3) is 4.00. The zero-order chi connectivity index (χ0) is 19.5. The summed E-state index contributed by atoms with van der Waals surface area (Å²) in [5.74, 6) is 2.59. The molecule has 1 unspecified atom stereocenters. The molecule has 1 saturated heterocycles. The Kier molecular flexibility index (Phi) is 5.01. The first-order valence-corrected chi connectivity index (χ1v) is 9.11. The summed E-state index contributed by atoms with van der Waals surface area (Å²) in [4.78, 5) is 24.7. The summed E-state index contributed by atoms with van der Waals surface area (Å²) < 4.78 is 16.6. The molecule has 8 nitrogen and oxygen atoms in total. The van der Waals surface area contributed by atoms with Crippen molar-refractivity contribution in [3.8, 4) is 17.4 Å². The van der Waals surface area contributed by atoms with Crippen molar-refractivity contribution in [2.24, 2.45) is 0 Å². The van der Waals surface area contributed by atoms with Gasteiger partial charge in [0, 0.05) is 33.1 Å². The lowest BCUT2D eigenvalue weighted by molar-refractivity contribution is -0.125. The molecule has 146 valence electrons. The van der Waals surface area contributed by atoms with E-state index >= 15 is 0 Å². The smallest absolute Gasteiger partial charge is 0.246 e. The fraction of sp³-hybridized carbons (Fsp3) is 0.350. The van der Waals surface area contributed by atoms with Crippen LogP contribution in [-0.4, -0.2) is 60.9 Å². The molecule has 0 bridgehead atoms. The quantitative estimate of drug-likeness (QED) is 0.732. The van der Waals surface area contributed by atoms with Gasteiger partial charge in [0.05, 0.1) is 18.9 Å². The number of hydrogen-bond donors (Lipinski definition) is 0. The van der Waals surface area contributed by atoms with E-state index in [0.29, 0.717) is 24.7 Å². The van der Waals surface area contributed by atoms with Crippen molar-refractivity contribution in [2.45, 2.75) is 12.5 Å². The topological polar surface area (TPSA) is 77.0 Å². The maximum absolute atomic E-state index is 12.5. The van der Waals surface area contributed by atoms with Crippen LogP contribution in [0.4, 0.5) is 5.82 Å². The highest BCUT2D eigenvalue weighted by molar-refractivity contribution is 5.92. The molecule has 0 saturated carbocycles. The minimum atomic E-state index is -0.0883. The Bertz CT molecular complexity index is 900. The number of carbonyl (C=O) groups excluding carboxylic acids is 1. The molecule has 2 aromatic rings. The van der Waals surface area contributed by atoms with Crippen LogP contribution in [0.25, 0.3) is 6.08 Å². The molecular formula is C20H22N4O4. The SMILES string of the molecule is CN(C)c1cncc(OC2CCN(C(=O)/C=C/c3ccc4c(c3)OCO4)C2)n1. The number of amides is 1. The molecule has 1 aromatic carbocycles. The zero-order valence-corrected chi connectivity index (χ0v) is 15.9. The lowest BCUT2D eigenvalue weighted by atomic mass is 10.2. The molecule has 0 aliphatic carbocycles. The summed E-state index contributed by atoms with van der Waals surface area (Å²) in [7, 11) is 3.80. The normalized spacial score (nSPS) is 17.9. The van der Waals surface area contributed by atoms with E-state index < -0.39 is 0 Å². The van der Waals surface area contributed by atoms with E-state index in [9.17, 15) is 4.79 Å². The second kappa shape index (κ2) is 7.75. The van der Waals surface area contributed by atoms with Gasteiger partial charge in [-0.25, -0.2) is 0 Å². The number of nitrogens with zero attached hydrogens (tertiary/aromatic N) is 4. The van der Waals surface area contributed by atoms with Crippen LogP contribution in [0.5, 0.6) is 17.4 Å². The molecule has 3 heterocycles. The Morgan fingerprint density at radius 3 is 3.00 bits per heavy atom. The lowest BCUT2D eigenvalue weighted by Crippen LogP contribution is -2.29. The Hall–Kier alpha value is -3.29. The van der Waals surface area contributed by atoms with Gasteiger partial charge in [-0.05, 0) is 23.8 Å². The first kappa shape index (κ1) is 18.1. The predicted octanol–water partition coefficient (Wildman–Crippen LogP) is 1.96. The molecule has 1 atom stereocenters. The molecule has 2 aliphatic rings. The van der Waals surface area contributed by atoms with Crippen molar-refractivity contribution in [1.82, 2.24) is 14.9 Å². The highest BCUT2D eigenvalue weighted by atomic mass is 16.7. The number of anilines is 1. The molecule has 28 heavy (non-hydrogen) atoms. The van der Waals surface area contributed by atoms with Gasteiger partial charge < -0.3 is 24.0 Å². The molecule has 0 spiro atoms. The summed E-state index contributed by atoms with van der Waals surface area (Å²) in [6.07, 6.45) is 7.30. The van der Waals surface area contributed by atoms with Crippen LogP contribution in [0, 0.1) is 0 Å². The van der Waals surface area contributed by atoms with Crippen molar-refractivity contribution < 1.29 is 19.0 Å². The van der Waals surface area contributed by atoms with Crippen molar-refractivity contribution >= 4 is 17.8 Å². The Balaban J connectivity index is 1.33. The van der Waals surface area contributed by atoms with Crippen molar-refractivity contribution in [3.05, 3.63) is 42.2 Å². The van der Waals surface area contributed by atoms with Crippen molar-refractivity contribution in [1.29, 1.82) is 0 Å². The number of carbonyl (C=O) groups is 1. The molecular weight excluding hydrogens is 360 g/mol. The Morgan fingerprint density at radius 2 is 2.14 bits per heavy atom. The maximum atomic E-state index is 12.5. The van der Waals surface area contributed by atoms with Crippen LogP contribution < -0.4 is 19.1 Å². The van der Waals surface area contributed by atoms with Crippen molar-refractivity contribution in [3.63, 3.8) is 0 Å². The number of likely N-dealkylation sites (tertiary alicyclic amines) is 1. The largest absolute Gasteiger partial charge is 0.471 e. The number of aromatic nitrogens is 2. The van der Waals surface area contributed by atoms with Crippen LogP contribution in [0.2, 0.25) is 0 Å². The maximum Gasteiger partial charge on any atom is 0.246 e. The summed E-state index contributed by atoms with van der Waals surface area (Å²) in [6, 6.07) is 5.59. The summed E-state index contributed by atoms with van der Waals surface area (Å²) in [5.41, 5.74) is 0.889. The van der Waals surface area contributed by atoms with Gasteiger partial charge in [0.1, 0.15) is 6.10 Å². The number of benzene rings is 1. The van der Waals surface area contributed by atoms with Gasteiger partial charge in [0.25, 0.3) is 0 Å². The molecule has 8 heteroatoms. The van der Waals surface area contributed by atoms with E-state index in [4.69, 9.17) is 14.2 Å². The Labute approximate surface area is 163 Å². The average molecular weight is 382 g/mol. The van der Waals surface area contributed by atoms with Gasteiger partial charge in [-0.3, -0.25) is 9.78 Å². The fourth-order valence-electron chi connectivity index (χ4n) is 3.10. The monoisotopic (exact) mass is 382 g/mol. The van der Waals surface area contributed by atoms with Gasteiger partial charge >= 0.3 is 0 Å². The molecule has 0 radical (unpaired) electrons. The van der Waals surface area contributed by atoms with Crippen LogP contribution in [0.15, 0.2) is 36.7 Å². The van der Waals surface area contributed by atoms with Gasteiger partial charge in [0.15, 0.2) is 17.3 Å². The molecule has 4 rings (SSSR count). The molecule has 1 fully saturated rings. The van der Waals surface area contributed by atoms with Gasteiger partial charge in [0.2, 0.25) is 18.6 Å². The highest BCUT2D eigenvalue weighted by Gasteiger charge is 2.27. The first-order chi connectivity index (χ1) is 13.6. The van der Waals surface area contributed by atoms with Crippen LogP contribution in [-0.2, 0) is 4.79 Å². The minimum Gasteiger partial charge on any atom is -0.471 e. The fourth-order valence-corrected chi connectivity index (χ4v) is 3.10. The summed E-state index contributed by atoms with van der Waals surface area (Å²) in [5, 5.41) is 0. The molecule has 1 aromatic heterocycles. The second-order valence-corrected chi connectivity index (χ2v) is 6.87. The van der Waals surface area contributed by atoms with E-state index in [1.165, 1.54) is 0 Å². The zero-order valence-electron chi connectivity index (χ0n) is 15.9. The number of ether oxygens (including phenoxy) is 3. The number of fused-ring (bicyclic) bond motifs is 1. The number of rotatable bonds is 5. The second-order valence-electron chi connectivity index (χ2n) is 6.87. The van der Waals surface area contributed by atoms with Crippen LogP contribution in [0.3, 0.4) is 0 Å². The molecule has 2 aliphatic heterocycles. The van der Waals surface area contributed by atoms with E-state index in [1.54, 1.807) is 29.4 Å². The van der Waals surface area contributed by atoms with E-state index in [0.717, 1.165) is 23.6 Å². The van der Waals surface area contributed by atoms with Gasteiger partial charge in [-0.1, -0.05) is 6.07 Å².